The Morgan fingerprint density at radius 1 is 1.16 bits per heavy atom. The van der Waals surface area contributed by atoms with Gasteiger partial charge in [0.15, 0.2) is 0 Å². The number of carbonyl (C=O) groups is 1. The zero-order chi connectivity index (χ0) is 22.3. The highest BCUT2D eigenvalue weighted by atomic mass is 32.2. The maximum Gasteiger partial charge on any atom is 0.264 e. The van der Waals surface area contributed by atoms with Gasteiger partial charge in [-0.3, -0.25) is 9.10 Å². The van der Waals surface area contributed by atoms with E-state index in [0.29, 0.717) is 25.3 Å². The Balaban J connectivity index is 1.74. The molecular formula is C21H23FN4O4S. The molecule has 0 unspecified atom stereocenters. The van der Waals surface area contributed by atoms with E-state index in [0.717, 1.165) is 16.4 Å². The highest BCUT2D eigenvalue weighted by molar-refractivity contribution is 7.92. The van der Waals surface area contributed by atoms with Crippen molar-refractivity contribution in [3.63, 3.8) is 0 Å². The number of amides is 1. The Bertz CT molecular complexity index is 1090. The summed E-state index contributed by atoms with van der Waals surface area (Å²) in [5.41, 5.74) is 0.186. The lowest BCUT2D eigenvalue weighted by Gasteiger charge is -2.24. The van der Waals surface area contributed by atoms with Crippen LogP contribution >= 0.6 is 0 Å². The van der Waals surface area contributed by atoms with Crippen molar-refractivity contribution in [1.82, 2.24) is 14.9 Å². The van der Waals surface area contributed by atoms with Gasteiger partial charge in [-0.25, -0.2) is 17.8 Å². The number of sulfonamides is 1. The van der Waals surface area contributed by atoms with Crippen molar-refractivity contribution in [2.24, 2.45) is 0 Å². The van der Waals surface area contributed by atoms with Crippen molar-refractivity contribution in [2.75, 3.05) is 24.5 Å². The summed E-state index contributed by atoms with van der Waals surface area (Å²) in [7, 11) is -2.59. The van der Waals surface area contributed by atoms with Crippen LogP contribution in [0.4, 0.5) is 10.1 Å². The summed E-state index contributed by atoms with van der Waals surface area (Å²) in [6, 6.07) is 10.8. The Morgan fingerprint density at radius 2 is 1.87 bits per heavy atom. The monoisotopic (exact) mass is 446 g/mol. The Kier molecular flexibility index (Phi) is 7.24. The number of nitrogens with zero attached hydrogens (tertiary/aromatic N) is 3. The van der Waals surface area contributed by atoms with Crippen molar-refractivity contribution in [3.05, 3.63) is 73.1 Å². The van der Waals surface area contributed by atoms with Crippen LogP contribution in [0.5, 0.6) is 5.75 Å². The van der Waals surface area contributed by atoms with Crippen molar-refractivity contribution in [3.8, 4) is 5.75 Å². The van der Waals surface area contributed by atoms with E-state index in [-0.39, 0.29) is 10.6 Å². The van der Waals surface area contributed by atoms with Crippen molar-refractivity contribution < 1.29 is 22.3 Å². The second-order valence-corrected chi connectivity index (χ2v) is 8.53. The number of benzene rings is 2. The number of aromatic nitrogens is 2. The molecule has 1 amide bonds. The number of rotatable bonds is 10. The average molecular weight is 447 g/mol. The Labute approximate surface area is 180 Å². The van der Waals surface area contributed by atoms with Crippen LogP contribution in [-0.2, 0) is 21.4 Å². The third-order valence-corrected chi connectivity index (χ3v) is 6.31. The molecule has 3 rings (SSSR count). The van der Waals surface area contributed by atoms with E-state index in [4.69, 9.17) is 4.74 Å². The fraction of sp³-hybridized carbons (Fsp3) is 0.238. The van der Waals surface area contributed by atoms with Crippen LogP contribution in [0.2, 0.25) is 0 Å². The fourth-order valence-electron chi connectivity index (χ4n) is 2.89. The maximum atomic E-state index is 13.4. The predicted molar refractivity (Wildman–Crippen MR) is 114 cm³/mol. The van der Waals surface area contributed by atoms with Crippen LogP contribution in [0.1, 0.15) is 6.42 Å². The number of imidazole rings is 1. The van der Waals surface area contributed by atoms with Crippen LogP contribution in [0.15, 0.2) is 72.1 Å². The van der Waals surface area contributed by atoms with Crippen molar-refractivity contribution in [2.45, 2.75) is 17.9 Å². The van der Waals surface area contributed by atoms with Gasteiger partial charge >= 0.3 is 0 Å². The minimum absolute atomic E-state index is 0.00877. The molecule has 8 nitrogen and oxygen atoms in total. The molecule has 0 atom stereocenters. The largest absolute Gasteiger partial charge is 0.497 e. The molecule has 0 radical (unpaired) electrons. The lowest BCUT2D eigenvalue weighted by molar-refractivity contribution is -0.119. The normalized spacial score (nSPS) is 11.2. The number of carbonyl (C=O) groups excluding carboxylic acids is 1. The highest BCUT2D eigenvalue weighted by Gasteiger charge is 2.27. The van der Waals surface area contributed by atoms with Gasteiger partial charge in [0, 0.05) is 25.5 Å². The van der Waals surface area contributed by atoms with Crippen LogP contribution in [0, 0.1) is 5.82 Å². The quantitative estimate of drug-likeness (QED) is 0.483. The van der Waals surface area contributed by atoms with E-state index in [1.54, 1.807) is 12.5 Å². The summed E-state index contributed by atoms with van der Waals surface area (Å²) in [5.74, 6) is -0.468. The van der Waals surface area contributed by atoms with Crippen molar-refractivity contribution in [1.29, 1.82) is 0 Å². The molecule has 1 aromatic heterocycles. The fourth-order valence-corrected chi connectivity index (χ4v) is 4.31. The van der Waals surface area contributed by atoms with Gasteiger partial charge in [0.1, 0.15) is 18.1 Å². The zero-order valence-corrected chi connectivity index (χ0v) is 17.8. The summed E-state index contributed by atoms with van der Waals surface area (Å²) in [6.45, 7) is 0.605. The second-order valence-electron chi connectivity index (χ2n) is 6.67. The molecule has 2 aromatic carbocycles. The van der Waals surface area contributed by atoms with Gasteiger partial charge in [-0.15, -0.1) is 0 Å². The third kappa shape index (κ3) is 5.82. The molecule has 0 aliphatic rings. The third-order valence-electron chi connectivity index (χ3n) is 4.52. The van der Waals surface area contributed by atoms with Gasteiger partial charge in [0.25, 0.3) is 10.0 Å². The molecule has 1 N–H and O–H groups in total. The molecule has 0 fully saturated rings. The topological polar surface area (TPSA) is 93.5 Å². The zero-order valence-electron chi connectivity index (χ0n) is 16.9. The molecule has 3 aromatic rings. The van der Waals surface area contributed by atoms with Gasteiger partial charge in [0.05, 0.1) is 24.0 Å². The molecule has 0 spiro atoms. The van der Waals surface area contributed by atoms with Crippen molar-refractivity contribution >= 4 is 21.6 Å². The smallest absolute Gasteiger partial charge is 0.264 e. The first kappa shape index (κ1) is 22.3. The summed E-state index contributed by atoms with van der Waals surface area (Å²) < 4.78 is 47.8. The minimum atomic E-state index is -4.07. The lowest BCUT2D eigenvalue weighted by atomic mass is 10.3. The van der Waals surface area contributed by atoms with Gasteiger partial charge < -0.3 is 14.6 Å². The minimum Gasteiger partial charge on any atom is -0.497 e. The number of methoxy groups -OCH3 is 1. The molecule has 0 aliphatic heterocycles. The van der Waals surface area contributed by atoms with E-state index in [1.165, 1.54) is 43.5 Å². The van der Waals surface area contributed by atoms with Gasteiger partial charge in [-0.05, 0) is 55.0 Å². The molecule has 31 heavy (non-hydrogen) atoms. The number of hydrogen-bond acceptors (Lipinski definition) is 5. The maximum absolute atomic E-state index is 13.4. The molecule has 0 bridgehead atoms. The molecule has 10 heteroatoms. The second kappa shape index (κ2) is 10.1. The number of ether oxygens (including phenoxy) is 1. The molecular weight excluding hydrogens is 423 g/mol. The summed E-state index contributed by atoms with van der Waals surface area (Å²) in [4.78, 5) is 16.4. The predicted octanol–water partition coefficient (Wildman–Crippen LogP) is 2.43. The summed E-state index contributed by atoms with van der Waals surface area (Å²) in [5, 5.41) is 2.73. The molecule has 164 valence electrons. The average Bonchev–Trinajstić information content (AvgIpc) is 3.29. The summed E-state index contributed by atoms with van der Waals surface area (Å²) >= 11 is 0. The molecule has 0 saturated carbocycles. The molecule has 0 aliphatic carbocycles. The van der Waals surface area contributed by atoms with E-state index in [1.807, 2.05) is 10.8 Å². The molecule has 1 heterocycles. The van der Waals surface area contributed by atoms with Gasteiger partial charge in [0.2, 0.25) is 5.91 Å². The van der Waals surface area contributed by atoms with E-state index >= 15 is 0 Å². The first-order valence-corrected chi connectivity index (χ1v) is 11.0. The number of anilines is 1. The van der Waals surface area contributed by atoms with E-state index < -0.39 is 28.3 Å². The van der Waals surface area contributed by atoms with Crippen LogP contribution in [-0.4, -0.2) is 44.1 Å². The summed E-state index contributed by atoms with van der Waals surface area (Å²) in [6.07, 6.45) is 5.83. The van der Waals surface area contributed by atoms with Gasteiger partial charge in [-0.2, -0.15) is 0 Å². The Hall–Kier alpha value is -3.40. The number of hydrogen-bond donors (Lipinski definition) is 1. The number of halogens is 1. The van der Waals surface area contributed by atoms with Crippen LogP contribution in [0.3, 0.4) is 0 Å². The standard InChI is InChI=1S/C21H23FN4O4S/c1-30-19-7-9-20(10-8-19)31(28,29)26(18-5-3-17(22)4-6-18)15-21(27)24-11-2-13-25-14-12-23-16-25/h3-10,12,14,16H,2,11,13,15H2,1H3,(H,24,27). The SMILES string of the molecule is COc1ccc(S(=O)(=O)N(CC(=O)NCCCn2ccnc2)c2ccc(F)cc2)cc1. The lowest BCUT2D eigenvalue weighted by Crippen LogP contribution is -2.41. The van der Waals surface area contributed by atoms with Crippen LogP contribution in [0.25, 0.3) is 0 Å². The number of nitrogens with one attached hydrogen (secondary N) is 1. The van der Waals surface area contributed by atoms with E-state index in [2.05, 4.69) is 10.3 Å². The van der Waals surface area contributed by atoms with E-state index in [9.17, 15) is 17.6 Å². The highest BCUT2D eigenvalue weighted by Crippen LogP contribution is 2.25. The number of aryl methyl sites for hydroxylation is 1. The molecule has 0 saturated heterocycles. The van der Waals surface area contributed by atoms with Gasteiger partial charge in [-0.1, -0.05) is 0 Å². The first-order valence-electron chi connectivity index (χ1n) is 9.55. The Morgan fingerprint density at radius 3 is 2.48 bits per heavy atom. The first-order chi connectivity index (χ1) is 14.9. The van der Waals surface area contributed by atoms with Crippen LogP contribution < -0.4 is 14.4 Å².